The Balaban J connectivity index is 1.70. The minimum atomic E-state index is -1.35. The van der Waals surface area contributed by atoms with Crippen molar-refractivity contribution in [2.75, 3.05) is 0 Å². The molecule has 0 amide bonds. The summed E-state index contributed by atoms with van der Waals surface area (Å²) in [6.07, 6.45) is 2.15. The minimum absolute atomic E-state index is 0.00843. The fourth-order valence-corrected chi connectivity index (χ4v) is 5.11. The standard InChI is InChI=1S/C26H25NO2S/c1-18-12-14-21(15-13-18)30(29)25-17-27(24-11-7-6-10-23(24)25)26(28)16-20(3)22-9-5-4-8-19(22)2/h4-15,17,20H,16H2,1-3H3/t20-,30+/m1/s1. The molecule has 0 radical (unpaired) electrons. The van der Waals surface area contributed by atoms with E-state index in [1.165, 1.54) is 11.1 Å². The molecule has 2 atom stereocenters. The van der Waals surface area contributed by atoms with E-state index in [1.54, 1.807) is 10.8 Å². The molecule has 3 nitrogen and oxygen atoms in total. The van der Waals surface area contributed by atoms with Crippen molar-refractivity contribution in [3.05, 3.63) is 95.7 Å². The number of nitrogens with zero attached hydrogens (tertiary/aromatic N) is 1. The molecule has 4 aromatic rings. The molecule has 0 unspecified atom stereocenters. The summed E-state index contributed by atoms with van der Waals surface area (Å²) in [5.41, 5.74) is 4.30. The van der Waals surface area contributed by atoms with Crippen LogP contribution in [0.4, 0.5) is 0 Å². The van der Waals surface area contributed by atoms with Crippen molar-refractivity contribution in [3.8, 4) is 0 Å². The quantitative estimate of drug-likeness (QED) is 0.386. The SMILES string of the molecule is Cc1ccc([S@](=O)c2cn(C(=O)C[C@@H](C)c3ccccc3C)c3ccccc23)cc1. The van der Waals surface area contributed by atoms with Crippen LogP contribution in [0.3, 0.4) is 0 Å². The molecule has 0 spiro atoms. The van der Waals surface area contributed by atoms with E-state index in [-0.39, 0.29) is 11.8 Å². The maximum absolute atomic E-state index is 13.3. The van der Waals surface area contributed by atoms with Crippen molar-refractivity contribution in [3.63, 3.8) is 0 Å². The van der Waals surface area contributed by atoms with Gasteiger partial charge in [-0.05, 0) is 49.1 Å². The Morgan fingerprint density at radius 3 is 2.33 bits per heavy atom. The van der Waals surface area contributed by atoms with E-state index in [0.717, 1.165) is 21.4 Å². The molecule has 4 rings (SSSR count). The van der Waals surface area contributed by atoms with E-state index >= 15 is 0 Å². The van der Waals surface area contributed by atoms with Gasteiger partial charge in [-0.25, -0.2) is 4.21 Å². The van der Waals surface area contributed by atoms with Crippen LogP contribution in [-0.4, -0.2) is 14.7 Å². The molecule has 4 heteroatoms. The van der Waals surface area contributed by atoms with Gasteiger partial charge in [0.05, 0.1) is 21.2 Å². The Morgan fingerprint density at radius 1 is 0.933 bits per heavy atom. The third-order valence-electron chi connectivity index (χ3n) is 5.58. The average molecular weight is 416 g/mol. The van der Waals surface area contributed by atoms with Crippen molar-refractivity contribution >= 4 is 27.6 Å². The number of aromatic nitrogens is 1. The fraction of sp³-hybridized carbons (Fsp3) is 0.192. The molecular formula is C26H25NO2S. The van der Waals surface area contributed by atoms with Crippen LogP contribution >= 0.6 is 0 Å². The van der Waals surface area contributed by atoms with Crippen LogP contribution in [0.2, 0.25) is 0 Å². The number of hydrogen-bond donors (Lipinski definition) is 0. The van der Waals surface area contributed by atoms with Gasteiger partial charge in [-0.3, -0.25) is 9.36 Å². The largest absolute Gasteiger partial charge is 0.286 e. The second-order valence-corrected chi connectivity index (χ2v) is 9.27. The Bertz CT molecular complexity index is 1240. The molecule has 0 aliphatic heterocycles. The van der Waals surface area contributed by atoms with Crippen molar-refractivity contribution in [2.24, 2.45) is 0 Å². The molecule has 152 valence electrons. The Kier molecular flexibility index (Phi) is 5.69. The summed E-state index contributed by atoms with van der Waals surface area (Å²) in [6.45, 7) is 6.16. The van der Waals surface area contributed by atoms with Crippen molar-refractivity contribution in [1.29, 1.82) is 0 Å². The zero-order valence-corrected chi connectivity index (χ0v) is 18.3. The Morgan fingerprint density at radius 2 is 1.60 bits per heavy atom. The van der Waals surface area contributed by atoms with Gasteiger partial charge >= 0.3 is 0 Å². The van der Waals surface area contributed by atoms with Crippen LogP contribution in [0.15, 0.2) is 88.8 Å². The molecule has 0 saturated heterocycles. The summed E-state index contributed by atoms with van der Waals surface area (Å²) in [5.74, 6) is 0.111. The van der Waals surface area contributed by atoms with E-state index < -0.39 is 10.8 Å². The van der Waals surface area contributed by atoms with Crippen LogP contribution in [-0.2, 0) is 10.8 Å². The first kappa shape index (κ1) is 20.3. The zero-order valence-electron chi connectivity index (χ0n) is 17.5. The zero-order chi connectivity index (χ0) is 21.3. The third kappa shape index (κ3) is 3.88. The first-order chi connectivity index (χ1) is 14.5. The number of hydrogen-bond acceptors (Lipinski definition) is 2. The Hall–Kier alpha value is -2.98. The lowest BCUT2D eigenvalue weighted by Gasteiger charge is -2.14. The van der Waals surface area contributed by atoms with Crippen LogP contribution in [0.1, 0.15) is 40.7 Å². The summed E-state index contributed by atoms with van der Waals surface area (Å²) in [5, 5.41) is 0.855. The first-order valence-corrected chi connectivity index (χ1v) is 11.3. The van der Waals surface area contributed by atoms with E-state index in [0.29, 0.717) is 11.3 Å². The second-order valence-electron chi connectivity index (χ2n) is 7.82. The topological polar surface area (TPSA) is 39.1 Å². The van der Waals surface area contributed by atoms with Gasteiger partial charge in [0.1, 0.15) is 0 Å². The predicted octanol–water partition coefficient (Wildman–Crippen LogP) is 6.26. The van der Waals surface area contributed by atoms with Gasteiger partial charge in [0.25, 0.3) is 0 Å². The number of carbonyl (C=O) groups is 1. The maximum Gasteiger partial charge on any atom is 0.231 e. The predicted molar refractivity (Wildman–Crippen MR) is 123 cm³/mol. The highest BCUT2D eigenvalue weighted by Gasteiger charge is 2.20. The first-order valence-electron chi connectivity index (χ1n) is 10.1. The van der Waals surface area contributed by atoms with Crippen LogP contribution in [0, 0.1) is 13.8 Å². The normalized spacial score (nSPS) is 13.3. The molecule has 0 aliphatic carbocycles. The van der Waals surface area contributed by atoms with E-state index in [4.69, 9.17) is 0 Å². The number of aryl methyl sites for hydroxylation is 2. The second kappa shape index (κ2) is 8.41. The van der Waals surface area contributed by atoms with Crippen molar-refractivity contribution in [1.82, 2.24) is 4.57 Å². The summed E-state index contributed by atoms with van der Waals surface area (Å²) in [6, 6.07) is 23.6. The van der Waals surface area contributed by atoms with Crippen LogP contribution < -0.4 is 0 Å². The van der Waals surface area contributed by atoms with Gasteiger partial charge in [0.15, 0.2) is 0 Å². The number of rotatable bonds is 5. The highest BCUT2D eigenvalue weighted by Crippen LogP contribution is 2.30. The van der Waals surface area contributed by atoms with Gasteiger partial charge in [0.2, 0.25) is 5.91 Å². The molecule has 0 bridgehead atoms. The average Bonchev–Trinajstić information content (AvgIpc) is 3.14. The summed E-state index contributed by atoms with van der Waals surface area (Å²) >= 11 is 0. The Labute approximate surface area is 179 Å². The van der Waals surface area contributed by atoms with E-state index in [1.807, 2.05) is 67.6 Å². The van der Waals surface area contributed by atoms with E-state index in [9.17, 15) is 9.00 Å². The minimum Gasteiger partial charge on any atom is -0.286 e. The summed E-state index contributed by atoms with van der Waals surface area (Å²) < 4.78 is 15.0. The lowest BCUT2D eigenvalue weighted by molar-refractivity contribution is 0.0900. The summed E-state index contributed by atoms with van der Waals surface area (Å²) in [4.78, 5) is 14.6. The van der Waals surface area contributed by atoms with Gasteiger partial charge in [-0.2, -0.15) is 0 Å². The lowest BCUT2D eigenvalue weighted by atomic mass is 9.93. The van der Waals surface area contributed by atoms with Crippen LogP contribution in [0.5, 0.6) is 0 Å². The lowest BCUT2D eigenvalue weighted by Crippen LogP contribution is -2.13. The smallest absolute Gasteiger partial charge is 0.231 e. The van der Waals surface area contributed by atoms with Gasteiger partial charge < -0.3 is 0 Å². The molecule has 0 saturated carbocycles. The van der Waals surface area contributed by atoms with Crippen LogP contribution in [0.25, 0.3) is 10.9 Å². The molecular weight excluding hydrogens is 390 g/mol. The van der Waals surface area contributed by atoms with Crippen molar-refractivity contribution < 1.29 is 9.00 Å². The highest BCUT2D eigenvalue weighted by molar-refractivity contribution is 7.85. The molecule has 3 aromatic carbocycles. The molecule has 1 aromatic heterocycles. The molecule has 1 heterocycles. The summed E-state index contributed by atoms with van der Waals surface area (Å²) in [7, 11) is -1.35. The fourth-order valence-electron chi connectivity index (χ4n) is 3.90. The van der Waals surface area contributed by atoms with Gasteiger partial charge in [0, 0.05) is 22.9 Å². The number of benzene rings is 3. The monoisotopic (exact) mass is 415 g/mol. The maximum atomic E-state index is 13.3. The number of para-hydroxylation sites is 1. The number of fused-ring (bicyclic) bond motifs is 1. The van der Waals surface area contributed by atoms with Gasteiger partial charge in [-0.1, -0.05) is 67.1 Å². The molecule has 0 aliphatic rings. The third-order valence-corrected chi connectivity index (χ3v) is 7.00. The van der Waals surface area contributed by atoms with Crippen molar-refractivity contribution in [2.45, 2.75) is 42.9 Å². The molecule has 0 fully saturated rings. The molecule has 30 heavy (non-hydrogen) atoms. The highest BCUT2D eigenvalue weighted by atomic mass is 32.2. The number of carbonyl (C=O) groups excluding carboxylic acids is 1. The van der Waals surface area contributed by atoms with Gasteiger partial charge in [-0.15, -0.1) is 0 Å². The van der Waals surface area contributed by atoms with E-state index in [2.05, 4.69) is 26.0 Å². The molecule has 0 N–H and O–H groups in total.